The maximum atomic E-state index is 13.2. The maximum Gasteiger partial charge on any atom is 0.336 e. The van der Waals surface area contributed by atoms with Crippen LogP contribution in [0.3, 0.4) is 0 Å². The van der Waals surface area contributed by atoms with Gasteiger partial charge in [0.25, 0.3) is 0 Å². The summed E-state index contributed by atoms with van der Waals surface area (Å²) in [6.45, 7) is 4.38. The van der Waals surface area contributed by atoms with Crippen LogP contribution in [0.25, 0.3) is 11.0 Å². The van der Waals surface area contributed by atoms with E-state index in [4.69, 9.17) is 4.42 Å². The molecule has 0 saturated carbocycles. The van der Waals surface area contributed by atoms with E-state index in [-0.39, 0.29) is 12.5 Å². The van der Waals surface area contributed by atoms with Gasteiger partial charge in [-0.25, -0.2) is 9.18 Å². The van der Waals surface area contributed by atoms with Gasteiger partial charge in [-0.2, -0.15) is 0 Å². The lowest BCUT2D eigenvalue weighted by Crippen LogP contribution is -2.30. The van der Waals surface area contributed by atoms with Gasteiger partial charge >= 0.3 is 5.63 Å². The molecule has 5 nitrogen and oxygen atoms in total. The molecule has 1 aromatic heterocycles. The Morgan fingerprint density at radius 2 is 1.96 bits per heavy atom. The summed E-state index contributed by atoms with van der Waals surface area (Å²) in [4.78, 5) is 25.9. The van der Waals surface area contributed by atoms with Gasteiger partial charge in [0.2, 0.25) is 5.91 Å². The molecule has 3 rings (SSSR count). The van der Waals surface area contributed by atoms with Gasteiger partial charge in [-0.1, -0.05) is 18.2 Å². The zero-order valence-corrected chi connectivity index (χ0v) is 15.5. The van der Waals surface area contributed by atoms with Gasteiger partial charge in [-0.05, 0) is 55.8 Å². The number of fused-ring (bicyclic) bond motifs is 1. The first kappa shape index (κ1) is 18.8. The number of hydrogen-bond acceptors (Lipinski definition) is 4. The van der Waals surface area contributed by atoms with Gasteiger partial charge in [0.15, 0.2) is 0 Å². The van der Waals surface area contributed by atoms with Crippen molar-refractivity contribution in [3.63, 3.8) is 0 Å². The van der Waals surface area contributed by atoms with Crippen molar-refractivity contribution >= 4 is 22.6 Å². The quantitative estimate of drug-likeness (QED) is 0.699. The minimum Gasteiger partial charge on any atom is -0.422 e. The number of carbonyl (C=O) groups excluding carboxylic acids is 1. The third-order valence-corrected chi connectivity index (χ3v) is 4.48. The number of aryl methyl sites for hydroxylation is 2. The van der Waals surface area contributed by atoms with Crippen LogP contribution in [0.1, 0.15) is 16.7 Å². The largest absolute Gasteiger partial charge is 0.422 e. The zero-order valence-electron chi connectivity index (χ0n) is 15.5. The number of hydrogen-bond donors (Lipinski definition) is 1. The predicted octanol–water partition coefficient (Wildman–Crippen LogP) is 3.62. The Hall–Kier alpha value is -2.99. The Balaban J connectivity index is 1.76. The molecule has 27 heavy (non-hydrogen) atoms. The number of amides is 1. The van der Waals surface area contributed by atoms with E-state index in [0.29, 0.717) is 17.8 Å². The highest BCUT2D eigenvalue weighted by molar-refractivity contribution is 5.92. The Kier molecular flexibility index (Phi) is 5.37. The molecule has 0 radical (unpaired) electrons. The number of likely N-dealkylation sites (N-methyl/N-ethyl adjacent to an activating group) is 1. The van der Waals surface area contributed by atoms with Gasteiger partial charge in [0.1, 0.15) is 11.4 Å². The van der Waals surface area contributed by atoms with Crippen molar-refractivity contribution in [2.45, 2.75) is 20.4 Å². The number of anilines is 1. The van der Waals surface area contributed by atoms with Crippen molar-refractivity contribution in [1.29, 1.82) is 0 Å². The molecule has 140 valence electrons. The molecule has 0 aliphatic heterocycles. The summed E-state index contributed by atoms with van der Waals surface area (Å²) >= 11 is 0. The monoisotopic (exact) mass is 368 g/mol. The first-order valence-corrected chi connectivity index (χ1v) is 8.60. The Morgan fingerprint density at radius 1 is 1.19 bits per heavy atom. The molecule has 0 unspecified atom stereocenters. The second-order valence-electron chi connectivity index (χ2n) is 6.71. The first-order valence-electron chi connectivity index (χ1n) is 8.60. The van der Waals surface area contributed by atoms with E-state index in [2.05, 4.69) is 5.32 Å². The zero-order chi connectivity index (χ0) is 19.6. The standard InChI is InChI=1S/C21H21FN2O3/c1-13-7-8-18-15(9-20(26)27-21(18)14(13)2)11-24(3)12-19(25)23-17-6-4-5-16(22)10-17/h4-10H,11-12H2,1-3H3,(H,23,25). The topological polar surface area (TPSA) is 62.6 Å². The van der Waals surface area contributed by atoms with Crippen molar-refractivity contribution < 1.29 is 13.6 Å². The molecule has 1 N–H and O–H groups in total. The lowest BCUT2D eigenvalue weighted by molar-refractivity contribution is -0.117. The summed E-state index contributed by atoms with van der Waals surface area (Å²) in [6.07, 6.45) is 0. The number of rotatable bonds is 5. The third kappa shape index (κ3) is 4.41. The summed E-state index contributed by atoms with van der Waals surface area (Å²) < 4.78 is 18.6. The smallest absolute Gasteiger partial charge is 0.336 e. The van der Waals surface area contributed by atoms with Crippen LogP contribution >= 0.6 is 0 Å². The van der Waals surface area contributed by atoms with Crippen LogP contribution in [0.4, 0.5) is 10.1 Å². The van der Waals surface area contributed by atoms with Crippen LogP contribution in [-0.2, 0) is 11.3 Å². The maximum absolute atomic E-state index is 13.2. The normalized spacial score (nSPS) is 11.1. The summed E-state index contributed by atoms with van der Waals surface area (Å²) in [7, 11) is 1.78. The van der Waals surface area contributed by atoms with Crippen LogP contribution in [0.5, 0.6) is 0 Å². The number of nitrogens with zero attached hydrogens (tertiary/aromatic N) is 1. The molecule has 0 spiro atoms. The van der Waals surface area contributed by atoms with E-state index in [1.807, 2.05) is 26.0 Å². The van der Waals surface area contributed by atoms with Crippen molar-refractivity contribution in [3.05, 3.63) is 75.4 Å². The molecule has 1 amide bonds. The van der Waals surface area contributed by atoms with E-state index in [0.717, 1.165) is 22.1 Å². The minimum atomic E-state index is -0.413. The fourth-order valence-electron chi connectivity index (χ4n) is 3.01. The number of nitrogens with one attached hydrogen (secondary N) is 1. The summed E-state index contributed by atoms with van der Waals surface area (Å²) in [5, 5.41) is 3.52. The second kappa shape index (κ2) is 7.72. The van der Waals surface area contributed by atoms with E-state index in [9.17, 15) is 14.0 Å². The van der Waals surface area contributed by atoms with Crippen molar-refractivity contribution in [3.8, 4) is 0 Å². The molecule has 0 saturated heterocycles. The summed E-state index contributed by atoms with van der Waals surface area (Å²) in [5.41, 5.74) is 3.35. The molecular weight excluding hydrogens is 347 g/mol. The van der Waals surface area contributed by atoms with Crippen LogP contribution in [-0.4, -0.2) is 24.4 Å². The highest BCUT2D eigenvalue weighted by Crippen LogP contribution is 2.24. The number of carbonyl (C=O) groups is 1. The molecule has 6 heteroatoms. The predicted molar refractivity (Wildman–Crippen MR) is 103 cm³/mol. The molecule has 0 aliphatic rings. The average molecular weight is 368 g/mol. The molecule has 1 heterocycles. The van der Waals surface area contributed by atoms with E-state index >= 15 is 0 Å². The second-order valence-corrected chi connectivity index (χ2v) is 6.71. The lowest BCUT2D eigenvalue weighted by Gasteiger charge is -2.17. The van der Waals surface area contributed by atoms with Gasteiger partial charge < -0.3 is 9.73 Å². The molecule has 0 aliphatic carbocycles. The fraction of sp³-hybridized carbons (Fsp3) is 0.238. The number of halogens is 1. The molecule has 2 aromatic carbocycles. The van der Waals surface area contributed by atoms with Crippen molar-refractivity contribution in [2.24, 2.45) is 0 Å². The lowest BCUT2D eigenvalue weighted by atomic mass is 10.0. The van der Waals surface area contributed by atoms with Crippen molar-refractivity contribution in [2.75, 3.05) is 18.9 Å². The highest BCUT2D eigenvalue weighted by Gasteiger charge is 2.13. The third-order valence-electron chi connectivity index (χ3n) is 4.48. The van der Waals surface area contributed by atoms with Gasteiger partial charge in [0, 0.05) is 23.7 Å². The van der Waals surface area contributed by atoms with Gasteiger partial charge in [-0.15, -0.1) is 0 Å². The van der Waals surface area contributed by atoms with Crippen LogP contribution in [0.15, 0.2) is 51.7 Å². The fourth-order valence-corrected chi connectivity index (χ4v) is 3.01. The van der Waals surface area contributed by atoms with E-state index in [1.165, 1.54) is 24.3 Å². The van der Waals surface area contributed by atoms with Crippen LogP contribution in [0.2, 0.25) is 0 Å². The van der Waals surface area contributed by atoms with Gasteiger partial charge in [0.05, 0.1) is 6.54 Å². The van der Waals surface area contributed by atoms with Crippen LogP contribution in [0, 0.1) is 19.7 Å². The van der Waals surface area contributed by atoms with E-state index in [1.54, 1.807) is 18.0 Å². The Labute approximate surface area is 156 Å². The molecule has 0 fully saturated rings. The summed E-state index contributed by atoms with van der Waals surface area (Å²) in [5.74, 6) is -0.670. The Bertz CT molecular complexity index is 1060. The summed E-state index contributed by atoms with van der Waals surface area (Å²) in [6, 6.07) is 11.1. The average Bonchev–Trinajstić information content (AvgIpc) is 2.58. The molecule has 3 aromatic rings. The van der Waals surface area contributed by atoms with Gasteiger partial charge in [-0.3, -0.25) is 9.69 Å². The minimum absolute atomic E-state index is 0.100. The molecule has 0 bridgehead atoms. The SMILES string of the molecule is Cc1ccc2c(CN(C)CC(=O)Nc3cccc(F)c3)cc(=O)oc2c1C. The molecule has 0 atom stereocenters. The highest BCUT2D eigenvalue weighted by atomic mass is 19.1. The molecular formula is C21H21FN2O3. The van der Waals surface area contributed by atoms with Crippen LogP contribution < -0.4 is 10.9 Å². The first-order chi connectivity index (χ1) is 12.8. The van der Waals surface area contributed by atoms with E-state index < -0.39 is 11.4 Å². The Morgan fingerprint density at radius 3 is 2.70 bits per heavy atom. The number of benzene rings is 2. The van der Waals surface area contributed by atoms with Crippen molar-refractivity contribution in [1.82, 2.24) is 4.90 Å².